The molecule has 0 bridgehead atoms. The highest BCUT2D eigenvalue weighted by Gasteiger charge is 2.36. The van der Waals surface area contributed by atoms with Crippen LogP contribution in [0, 0.1) is 13.8 Å². The quantitative estimate of drug-likeness (QED) is 0.871. The molecular formula is C18H15ClN2O3. The average molecular weight is 343 g/mol. The van der Waals surface area contributed by atoms with Gasteiger partial charge in [-0.2, -0.15) is 0 Å². The third-order valence-corrected chi connectivity index (χ3v) is 4.14. The van der Waals surface area contributed by atoms with Gasteiger partial charge in [0.25, 0.3) is 11.8 Å². The van der Waals surface area contributed by atoms with E-state index < -0.39 is 17.7 Å². The van der Waals surface area contributed by atoms with Crippen molar-refractivity contribution in [3.05, 3.63) is 63.7 Å². The maximum atomic E-state index is 12.4. The fourth-order valence-corrected chi connectivity index (χ4v) is 2.89. The van der Waals surface area contributed by atoms with Crippen LogP contribution >= 0.6 is 11.6 Å². The van der Waals surface area contributed by atoms with Gasteiger partial charge in [0.2, 0.25) is 5.91 Å². The largest absolute Gasteiger partial charge is 0.323 e. The maximum absolute atomic E-state index is 12.4. The van der Waals surface area contributed by atoms with E-state index in [1.165, 1.54) is 0 Å². The van der Waals surface area contributed by atoms with E-state index in [0.29, 0.717) is 21.8 Å². The first-order chi connectivity index (χ1) is 11.4. The predicted molar refractivity (Wildman–Crippen MR) is 91.4 cm³/mol. The monoisotopic (exact) mass is 342 g/mol. The molecule has 1 heterocycles. The summed E-state index contributed by atoms with van der Waals surface area (Å²) in [4.78, 5) is 37.8. The van der Waals surface area contributed by atoms with Crippen molar-refractivity contribution in [1.29, 1.82) is 0 Å². The van der Waals surface area contributed by atoms with Gasteiger partial charge in [-0.3, -0.25) is 19.3 Å². The zero-order chi connectivity index (χ0) is 17.4. The van der Waals surface area contributed by atoms with E-state index in [0.717, 1.165) is 16.0 Å². The number of anilines is 1. The summed E-state index contributed by atoms with van der Waals surface area (Å²) < 4.78 is 0. The summed E-state index contributed by atoms with van der Waals surface area (Å²) in [5.74, 6) is -1.39. The summed E-state index contributed by atoms with van der Waals surface area (Å²) in [6.07, 6.45) is 0. The minimum Gasteiger partial charge on any atom is -0.323 e. The van der Waals surface area contributed by atoms with Crippen molar-refractivity contribution in [2.75, 3.05) is 11.9 Å². The first-order valence-corrected chi connectivity index (χ1v) is 7.77. The van der Waals surface area contributed by atoms with Crippen LogP contribution in [0.25, 0.3) is 0 Å². The number of imide groups is 1. The summed E-state index contributed by atoms with van der Waals surface area (Å²) in [7, 11) is 0. The molecule has 3 rings (SSSR count). The summed E-state index contributed by atoms with van der Waals surface area (Å²) in [6.45, 7) is 3.38. The van der Waals surface area contributed by atoms with Gasteiger partial charge in [0.15, 0.2) is 0 Å². The van der Waals surface area contributed by atoms with E-state index in [-0.39, 0.29) is 6.54 Å². The van der Waals surface area contributed by atoms with E-state index in [4.69, 9.17) is 11.6 Å². The highest BCUT2D eigenvalue weighted by molar-refractivity contribution is 6.33. The molecule has 0 aliphatic carbocycles. The molecule has 0 saturated carbocycles. The van der Waals surface area contributed by atoms with E-state index >= 15 is 0 Å². The number of nitrogens with zero attached hydrogens (tertiary/aromatic N) is 1. The third-order valence-electron chi connectivity index (χ3n) is 3.83. The Morgan fingerprint density at radius 1 is 1.00 bits per heavy atom. The van der Waals surface area contributed by atoms with Crippen molar-refractivity contribution in [2.24, 2.45) is 0 Å². The number of carbonyl (C=O) groups is 3. The Kier molecular flexibility index (Phi) is 4.11. The number of aryl methyl sites for hydroxylation is 2. The molecule has 1 aliphatic rings. The molecule has 0 atom stereocenters. The Balaban J connectivity index is 1.76. The van der Waals surface area contributed by atoms with Crippen LogP contribution in [0.3, 0.4) is 0 Å². The highest BCUT2D eigenvalue weighted by atomic mass is 35.5. The Labute approximate surface area is 144 Å². The van der Waals surface area contributed by atoms with Gasteiger partial charge in [-0.1, -0.05) is 29.3 Å². The van der Waals surface area contributed by atoms with Gasteiger partial charge in [-0.05, 0) is 43.7 Å². The van der Waals surface area contributed by atoms with Crippen LogP contribution in [0.15, 0.2) is 36.4 Å². The third kappa shape index (κ3) is 2.90. The summed E-state index contributed by atoms with van der Waals surface area (Å²) in [5, 5.41) is 3.03. The molecule has 5 nitrogen and oxygen atoms in total. The molecule has 6 heteroatoms. The van der Waals surface area contributed by atoms with Crippen LogP contribution in [-0.2, 0) is 4.79 Å². The average Bonchev–Trinajstić information content (AvgIpc) is 2.75. The molecule has 2 aromatic carbocycles. The highest BCUT2D eigenvalue weighted by Crippen LogP contribution is 2.25. The zero-order valence-electron chi connectivity index (χ0n) is 13.2. The van der Waals surface area contributed by atoms with Crippen molar-refractivity contribution < 1.29 is 14.4 Å². The van der Waals surface area contributed by atoms with Crippen molar-refractivity contribution >= 4 is 35.0 Å². The number of fused-ring (bicyclic) bond motifs is 1. The standard InChI is InChI=1S/C18H15ClN2O3/c1-10-3-5-12-13(7-10)18(24)21(17(12)23)9-16(22)20-15-6-4-11(2)8-14(15)19/h3-8H,9H2,1-2H3,(H,20,22). The zero-order valence-corrected chi connectivity index (χ0v) is 14.0. The Morgan fingerprint density at radius 2 is 1.62 bits per heavy atom. The number of rotatable bonds is 3. The van der Waals surface area contributed by atoms with Crippen molar-refractivity contribution in [1.82, 2.24) is 4.90 Å². The van der Waals surface area contributed by atoms with Crippen LogP contribution in [0.1, 0.15) is 31.8 Å². The smallest absolute Gasteiger partial charge is 0.262 e. The second kappa shape index (κ2) is 6.09. The normalized spacial score (nSPS) is 13.2. The van der Waals surface area contributed by atoms with Crippen molar-refractivity contribution in [3.8, 4) is 0 Å². The molecule has 1 N–H and O–H groups in total. The topological polar surface area (TPSA) is 66.5 Å². The minimum absolute atomic E-state index is 0.326. The molecule has 3 amide bonds. The summed E-state index contributed by atoms with van der Waals surface area (Å²) in [6, 6.07) is 10.2. The van der Waals surface area contributed by atoms with E-state index in [1.807, 2.05) is 19.9 Å². The van der Waals surface area contributed by atoms with E-state index in [9.17, 15) is 14.4 Å². The number of hydrogen-bond acceptors (Lipinski definition) is 3. The summed E-state index contributed by atoms with van der Waals surface area (Å²) in [5.41, 5.74) is 2.95. The van der Waals surface area contributed by atoms with Crippen LogP contribution < -0.4 is 5.32 Å². The molecule has 2 aromatic rings. The van der Waals surface area contributed by atoms with Gasteiger partial charge in [0.1, 0.15) is 6.54 Å². The second-order valence-electron chi connectivity index (χ2n) is 5.78. The Hall–Kier alpha value is -2.66. The molecule has 1 aliphatic heterocycles. The Bertz CT molecular complexity index is 877. The fourth-order valence-electron chi connectivity index (χ4n) is 2.60. The van der Waals surface area contributed by atoms with Crippen LogP contribution in [0.2, 0.25) is 5.02 Å². The molecule has 0 spiro atoms. The lowest BCUT2D eigenvalue weighted by Crippen LogP contribution is -2.37. The lowest BCUT2D eigenvalue weighted by molar-refractivity contribution is -0.116. The van der Waals surface area contributed by atoms with Crippen molar-refractivity contribution in [3.63, 3.8) is 0 Å². The van der Waals surface area contributed by atoms with Crippen LogP contribution in [0.4, 0.5) is 5.69 Å². The number of amides is 3. The molecule has 0 radical (unpaired) electrons. The number of halogens is 1. The SMILES string of the molecule is Cc1ccc(NC(=O)CN2C(=O)c3ccc(C)cc3C2=O)c(Cl)c1. The number of benzene rings is 2. The van der Waals surface area contributed by atoms with Crippen LogP contribution in [-0.4, -0.2) is 29.2 Å². The summed E-state index contributed by atoms with van der Waals surface area (Å²) >= 11 is 6.08. The fraction of sp³-hybridized carbons (Fsp3) is 0.167. The lowest BCUT2D eigenvalue weighted by atomic mass is 10.1. The first-order valence-electron chi connectivity index (χ1n) is 7.39. The Morgan fingerprint density at radius 3 is 2.33 bits per heavy atom. The van der Waals surface area contributed by atoms with Gasteiger partial charge in [0, 0.05) is 0 Å². The molecule has 0 unspecified atom stereocenters. The maximum Gasteiger partial charge on any atom is 0.262 e. The van der Waals surface area contributed by atoms with Gasteiger partial charge in [-0.25, -0.2) is 0 Å². The van der Waals surface area contributed by atoms with Gasteiger partial charge < -0.3 is 5.32 Å². The molecule has 0 saturated heterocycles. The predicted octanol–water partition coefficient (Wildman–Crippen LogP) is 3.19. The molecular weight excluding hydrogens is 328 g/mol. The molecule has 0 fully saturated rings. The number of nitrogens with one attached hydrogen (secondary N) is 1. The first kappa shape index (κ1) is 16.2. The van der Waals surface area contributed by atoms with E-state index in [2.05, 4.69) is 5.32 Å². The molecule has 122 valence electrons. The van der Waals surface area contributed by atoms with Gasteiger partial charge >= 0.3 is 0 Å². The van der Waals surface area contributed by atoms with E-state index in [1.54, 1.807) is 30.3 Å². The van der Waals surface area contributed by atoms with Gasteiger partial charge in [0.05, 0.1) is 21.8 Å². The van der Waals surface area contributed by atoms with Gasteiger partial charge in [-0.15, -0.1) is 0 Å². The molecule has 0 aromatic heterocycles. The van der Waals surface area contributed by atoms with Crippen LogP contribution in [0.5, 0.6) is 0 Å². The second-order valence-corrected chi connectivity index (χ2v) is 6.18. The molecule has 24 heavy (non-hydrogen) atoms. The lowest BCUT2D eigenvalue weighted by Gasteiger charge is -2.14. The number of carbonyl (C=O) groups excluding carboxylic acids is 3. The minimum atomic E-state index is -0.480. The van der Waals surface area contributed by atoms with Crippen molar-refractivity contribution in [2.45, 2.75) is 13.8 Å². The number of hydrogen-bond donors (Lipinski definition) is 1.